The van der Waals surface area contributed by atoms with E-state index in [1.54, 1.807) is 12.5 Å². The van der Waals surface area contributed by atoms with E-state index in [0.717, 1.165) is 39.4 Å². The van der Waals surface area contributed by atoms with Gasteiger partial charge in [0.05, 0.1) is 19.7 Å². The van der Waals surface area contributed by atoms with Crippen LogP contribution in [0.15, 0.2) is 64.9 Å². The van der Waals surface area contributed by atoms with Crippen molar-refractivity contribution in [1.82, 2.24) is 14.3 Å². The minimum absolute atomic E-state index is 0.0120. The fourth-order valence-electron chi connectivity index (χ4n) is 4.19. The van der Waals surface area contributed by atoms with E-state index in [-0.39, 0.29) is 22.9 Å². The molecule has 0 bridgehead atoms. The van der Waals surface area contributed by atoms with Crippen molar-refractivity contribution in [1.29, 1.82) is 0 Å². The lowest BCUT2D eigenvalue weighted by Crippen LogP contribution is -2.49. The van der Waals surface area contributed by atoms with E-state index < -0.39 is 16.0 Å². The van der Waals surface area contributed by atoms with Crippen molar-refractivity contribution in [2.45, 2.75) is 4.90 Å². The van der Waals surface area contributed by atoms with Gasteiger partial charge in [-0.3, -0.25) is 0 Å². The number of carbonyl (C=O) groups excluding carboxylic acids is 1. The first-order chi connectivity index (χ1) is 17.4. The van der Waals surface area contributed by atoms with Crippen LogP contribution in [-0.2, 0) is 14.8 Å². The van der Waals surface area contributed by atoms with Crippen molar-refractivity contribution in [3.8, 4) is 17.1 Å². The SMILES string of the molecule is COC(=O)c1sccc1S(=O)(=O)N1CCN(c2nc(-c3ccc(OC)cc3)nc3ccccc23)CC1. The van der Waals surface area contributed by atoms with Crippen LogP contribution in [0.3, 0.4) is 0 Å². The number of esters is 1. The molecule has 11 heteroatoms. The summed E-state index contributed by atoms with van der Waals surface area (Å²) in [6.45, 7) is 1.41. The molecule has 1 aliphatic rings. The molecule has 186 valence electrons. The fourth-order valence-corrected chi connectivity index (χ4v) is 6.92. The summed E-state index contributed by atoms with van der Waals surface area (Å²) in [7, 11) is -0.980. The number of hydrogen-bond donors (Lipinski definition) is 0. The summed E-state index contributed by atoms with van der Waals surface area (Å²) in [5, 5.41) is 2.49. The first-order valence-electron chi connectivity index (χ1n) is 11.2. The molecule has 0 N–H and O–H groups in total. The minimum atomic E-state index is -3.84. The van der Waals surface area contributed by atoms with Crippen LogP contribution in [0.5, 0.6) is 5.75 Å². The van der Waals surface area contributed by atoms with Gasteiger partial charge in [0, 0.05) is 37.1 Å². The Morgan fingerprint density at radius 1 is 0.944 bits per heavy atom. The Morgan fingerprint density at radius 3 is 2.36 bits per heavy atom. The second-order valence-corrected chi connectivity index (χ2v) is 10.9. The van der Waals surface area contributed by atoms with Gasteiger partial charge in [-0.2, -0.15) is 4.31 Å². The summed E-state index contributed by atoms with van der Waals surface area (Å²) in [6.07, 6.45) is 0. The number of aromatic nitrogens is 2. The Labute approximate surface area is 213 Å². The number of piperazine rings is 1. The predicted octanol–water partition coefficient (Wildman–Crippen LogP) is 3.66. The van der Waals surface area contributed by atoms with Crippen LogP contribution in [-0.4, -0.2) is 69.1 Å². The Bertz CT molecular complexity index is 1510. The molecule has 5 rings (SSSR count). The molecule has 1 aliphatic heterocycles. The van der Waals surface area contributed by atoms with Crippen LogP contribution in [0.25, 0.3) is 22.3 Å². The second-order valence-electron chi connectivity index (χ2n) is 8.11. The van der Waals surface area contributed by atoms with Gasteiger partial charge in [0.25, 0.3) is 0 Å². The molecule has 36 heavy (non-hydrogen) atoms. The molecule has 0 unspecified atom stereocenters. The van der Waals surface area contributed by atoms with E-state index in [2.05, 4.69) is 4.90 Å². The van der Waals surface area contributed by atoms with E-state index in [0.29, 0.717) is 18.9 Å². The molecular formula is C25H24N4O5S2. The number of benzene rings is 2. The Hall–Kier alpha value is -3.54. The zero-order valence-electron chi connectivity index (χ0n) is 19.7. The maximum absolute atomic E-state index is 13.3. The van der Waals surface area contributed by atoms with E-state index >= 15 is 0 Å². The zero-order chi connectivity index (χ0) is 25.3. The maximum atomic E-state index is 13.3. The molecule has 0 atom stereocenters. The van der Waals surface area contributed by atoms with Crippen molar-refractivity contribution in [2.75, 3.05) is 45.3 Å². The highest BCUT2D eigenvalue weighted by molar-refractivity contribution is 7.89. The molecule has 1 fully saturated rings. The van der Waals surface area contributed by atoms with Crippen molar-refractivity contribution >= 4 is 44.1 Å². The average molecular weight is 525 g/mol. The number of nitrogens with zero attached hydrogens (tertiary/aromatic N) is 4. The van der Waals surface area contributed by atoms with E-state index in [1.165, 1.54) is 17.5 Å². The number of carbonyl (C=O) groups is 1. The number of para-hydroxylation sites is 1. The van der Waals surface area contributed by atoms with Gasteiger partial charge in [-0.15, -0.1) is 11.3 Å². The number of ether oxygens (including phenoxy) is 2. The third-order valence-electron chi connectivity index (χ3n) is 6.09. The van der Waals surface area contributed by atoms with Crippen LogP contribution >= 0.6 is 11.3 Å². The molecule has 0 aliphatic carbocycles. The van der Waals surface area contributed by atoms with Crippen molar-refractivity contribution < 1.29 is 22.7 Å². The average Bonchev–Trinajstić information content (AvgIpc) is 3.43. The smallest absolute Gasteiger partial charge is 0.349 e. The number of sulfonamides is 1. The molecule has 2 aromatic heterocycles. The van der Waals surface area contributed by atoms with Gasteiger partial charge >= 0.3 is 5.97 Å². The fraction of sp³-hybridized carbons (Fsp3) is 0.240. The number of thiophene rings is 1. The minimum Gasteiger partial charge on any atom is -0.497 e. The van der Waals surface area contributed by atoms with Gasteiger partial charge in [0.15, 0.2) is 5.82 Å². The molecule has 2 aromatic carbocycles. The second kappa shape index (κ2) is 9.84. The Balaban J connectivity index is 1.43. The summed E-state index contributed by atoms with van der Waals surface area (Å²) in [4.78, 5) is 23.8. The first-order valence-corrected chi connectivity index (χ1v) is 13.6. The highest BCUT2D eigenvalue weighted by atomic mass is 32.2. The molecule has 9 nitrogen and oxygen atoms in total. The van der Waals surface area contributed by atoms with Crippen LogP contribution in [0.1, 0.15) is 9.67 Å². The van der Waals surface area contributed by atoms with Gasteiger partial charge in [-0.05, 0) is 47.8 Å². The normalized spacial score (nSPS) is 14.7. The Kier molecular flexibility index (Phi) is 6.61. The zero-order valence-corrected chi connectivity index (χ0v) is 21.4. The Morgan fingerprint density at radius 2 is 1.67 bits per heavy atom. The summed E-state index contributed by atoms with van der Waals surface area (Å²) in [6, 6.07) is 16.8. The van der Waals surface area contributed by atoms with Gasteiger partial charge in [0.2, 0.25) is 10.0 Å². The van der Waals surface area contributed by atoms with Crippen LogP contribution in [0, 0.1) is 0 Å². The van der Waals surface area contributed by atoms with Crippen molar-refractivity contribution in [2.24, 2.45) is 0 Å². The van der Waals surface area contributed by atoms with Gasteiger partial charge in [-0.25, -0.2) is 23.2 Å². The molecule has 0 radical (unpaired) electrons. The lowest BCUT2D eigenvalue weighted by Gasteiger charge is -2.35. The third kappa shape index (κ3) is 4.41. The molecule has 4 aromatic rings. The predicted molar refractivity (Wildman–Crippen MR) is 138 cm³/mol. The first kappa shape index (κ1) is 24.2. The molecule has 1 saturated heterocycles. The molecule has 0 saturated carbocycles. The van der Waals surface area contributed by atoms with Crippen molar-refractivity contribution in [3.05, 3.63) is 64.9 Å². The summed E-state index contributed by atoms with van der Waals surface area (Å²) >= 11 is 1.06. The van der Waals surface area contributed by atoms with Gasteiger partial charge in [0.1, 0.15) is 21.3 Å². The quantitative estimate of drug-likeness (QED) is 0.352. The third-order valence-corrected chi connectivity index (χ3v) is 9.05. The standard InChI is InChI=1S/C25H24N4O5S2/c1-33-18-9-7-17(8-10-18)23-26-20-6-4-3-5-19(20)24(27-23)28-12-14-29(15-13-28)36(31,32)21-11-16-35-22(21)25(30)34-2/h3-11,16H,12-15H2,1-2H3. The van der Waals surface area contributed by atoms with E-state index in [4.69, 9.17) is 19.4 Å². The van der Waals surface area contributed by atoms with Gasteiger partial charge in [-0.1, -0.05) is 12.1 Å². The largest absolute Gasteiger partial charge is 0.497 e. The number of methoxy groups -OCH3 is 2. The number of hydrogen-bond acceptors (Lipinski definition) is 9. The number of rotatable bonds is 6. The van der Waals surface area contributed by atoms with Crippen LogP contribution in [0.2, 0.25) is 0 Å². The number of anilines is 1. The summed E-state index contributed by atoms with van der Waals surface area (Å²) < 4.78 is 38.0. The van der Waals surface area contributed by atoms with Crippen LogP contribution < -0.4 is 9.64 Å². The maximum Gasteiger partial charge on any atom is 0.349 e. The molecular weight excluding hydrogens is 500 g/mol. The van der Waals surface area contributed by atoms with Crippen LogP contribution in [0.4, 0.5) is 5.82 Å². The molecule has 0 spiro atoms. The highest BCUT2D eigenvalue weighted by Gasteiger charge is 2.33. The lowest BCUT2D eigenvalue weighted by atomic mass is 10.1. The van der Waals surface area contributed by atoms with Gasteiger partial charge < -0.3 is 14.4 Å². The molecule has 3 heterocycles. The summed E-state index contributed by atoms with van der Waals surface area (Å²) in [5.74, 6) is 1.44. The van der Waals surface area contributed by atoms with Crippen molar-refractivity contribution in [3.63, 3.8) is 0 Å². The number of fused-ring (bicyclic) bond motifs is 1. The summed E-state index contributed by atoms with van der Waals surface area (Å²) in [5.41, 5.74) is 1.67. The lowest BCUT2D eigenvalue weighted by molar-refractivity contribution is 0.0602. The highest BCUT2D eigenvalue weighted by Crippen LogP contribution is 2.31. The van der Waals surface area contributed by atoms with E-state index in [9.17, 15) is 13.2 Å². The van der Waals surface area contributed by atoms with E-state index in [1.807, 2.05) is 48.5 Å². The monoisotopic (exact) mass is 524 g/mol. The molecule has 0 amide bonds. The topological polar surface area (TPSA) is 102 Å².